The third-order valence-electron chi connectivity index (χ3n) is 3.77. The first-order valence-corrected chi connectivity index (χ1v) is 8.02. The molecule has 0 bridgehead atoms. The van der Waals surface area contributed by atoms with Crippen molar-refractivity contribution < 1.29 is 4.79 Å². The van der Waals surface area contributed by atoms with Crippen molar-refractivity contribution in [2.75, 3.05) is 6.54 Å². The Kier molecular flexibility index (Phi) is 4.25. The molecular weight excluding hydrogens is 280 g/mol. The average molecular weight is 298 g/mol. The van der Waals surface area contributed by atoms with Crippen molar-refractivity contribution in [3.05, 3.63) is 54.2 Å². The lowest BCUT2D eigenvalue weighted by atomic mass is 10.1. The van der Waals surface area contributed by atoms with Crippen molar-refractivity contribution in [3.63, 3.8) is 0 Å². The molecule has 1 unspecified atom stereocenters. The Balaban J connectivity index is 1.91. The SMILES string of the molecule is CC(=O)N1CCCC1c1cccnc1Sc1ccccc1. The lowest BCUT2D eigenvalue weighted by molar-refractivity contribution is -0.129. The summed E-state index contributed by atoms with van der Waals surface area (Å²) >= 11 is 1.67. The van der Waals surface area contributed by atoms with Gasteiger partial charge in [-0.2, -0.15) is 0 Å². The number of rotatable bonds is 3. The summed E-state index contributed by atoms with van der Waals surface area (Å²) in [5, 5.41) is 1.00. The third kappa shape index (κ3) is 3.10. The van der Waals surface area contributed by atoms with E-state index >= 15 is 0 Å². The minimum absolute atomic E-state index is 0.150. The molecule has 1 aliphatic rings. The minimum Gasteiger partial charge on any atom is -0.336 e. The number of carbonyl (C=O) groups is 1. The zero-order chi connectivity index (χ0) is 14.7. The topological polar surface area (TPSA) is 33.2 Å². The van der Waals surface area contributed by atoms with Gasteiger partial charge in [-0.15, -0.1) is 0 Å². The summed E-state index contributed by atoms with van der Waals surface area (Å²) in [6.45, 7) is 2.50. The lowest BCUT2D eigenvalue weighted by Gasteiger charge is -2.24. The van der Waals surface area contributed by atoms with E-state index in [4.69, 9.17) is 0 Å². The summed E-state index contributed by atoms with van der Waals surface area (Å²) in [6.07, 6.45) is 3.91. The summed E-state index contributed by atoms with van der Waals surface area (Å²) < 4.78 is 0. The second-order valence-corrected chi connectivity index (χ2v) is 6.25. The number of carbonyl (C=O) groups excluding carboxylic acids is 1. The average Bonchev–Trinajstić information content (AvgIpc) is 2.98. The van der Waals surface area contributed by atoms with E-state index < -0.39 is 0 Å². The Morgan fingerprint density at radius 3 is 2.81 bits per heavy atom. The maximum absolute atomic E-state index is 11.8. The van der Waals surface area contributed by atoms with Crippen molar-refractivity contribution in [1.29, 1.82) is 0 Å². The van der Waals surface area contributed by atoms with E-state index in [1.54, 1.807) is 18.7 Å². The highest BCUT2D eigenvalue weighted by molar-refractivity contribution is 7.99. The van der Waals surface area contributed by atoms with Crippen LogP contribution in [0.4, 0.5) is 0 Å². The lowest BCUT2D eigenvalue weighted by Crippen LogP contribution is -2.28. The Morgan fingerprint density at radius 1 is 1.24 bits per heavy atom. The van der Waals surface area contributed by atoms with E-state index in [1.165, 1.54) is 10.5 Å². The van der Waals surface area contributed by atoms with E-state index in [2.05, 4.69) is 23.2 Å². The van der Waals surface area contributed by atoms with Crippen LogP contribution in [-0.4, -0.2) is 22.3 Å². The highest BCUT2D eigenvalue weighted by Crippen LogP contribution is 2.38. The molecule has 4 heteroatoms. The molecule has 0 N–H and O–H groups in total. The van der Waals surface area contributed by atoms with E-state index in [0.29, 0.717) is 0 Å². The number of likely N-dealkylation sites (tertiary alicyclic amines) is 1. The molecule has 0 spiro atoms. The van der Waals surface area contributed by atoms with Crippen LogP contribution in [0.3, 0.4) is 0 Å². The summed E-state index contributed by atoms with van der Waals surface area (Å²) in [4.78, 5) is 19.5. The van der Waals surface area contributed by atoms with Gasteiger partial charge in [-0.05, 0) is 31.0 Å². The molecule has 1 saturated heterocycles. The van der Waals surface area contributed by atoms with Crippen molar-refractivity contribution >= 4 is 17.7 Å². The molecule has 1 fully saturated rings. The fraction of sp³-hybridized carbons (Fsp3) is 0.294. The van der Waals surface area contributed by atoms with Crippen LogP contribution in [0.5, 0.6) is 0 Å². The molecule has 0 saturated carbocycles. The molecule has 1 atom stereocenters. The van der Waals surface area contributed by atoms with Crippen LogP contribution in [-0.2, 0) is 4.79 Å². The molecule has 0 radical (unpaired) electrons. The van der Waals surface area contributed by atoms with Gasteiger partial charge in [-0.25, -0.2) is 4.98 Å². The van der Waals surface area contributed by atoms with Crippen LogP contribution in [0.15, 0.2) is 58.6 Å². The smallest absolute Gasteiger partial charge is 0.219 e. The van der Waals surface area contributed by atoms with Gasteiger partial charge in [0.15, 0.2) is 0 Å². The highest BCUT2D eigenvalue weighted by Gasteiger charge is 2.29. The quantitative estimate of drug-likeness (QED) is 0.861. The molecule has 2 heterocycles. The molecular formula is C17H18N2OS. The molecule has 1 aliphatic heterocycles. The van der Waals surface area contributed by atoms with Gasteiger partial charge in [0.1, 0.15) is 5.03 Å². The molecule has 1 aromatic carbocycles. The Labute approximate surface area is 129 Å². The summed E-state index contributed by atoms with van der Waals surface area (Å²) in [6, 6.07) is 14.5. The maximum Gasteiger partial charge on any atom is 0.219 e. The molecule has 1 amide bonds. The fourth-order valence-electron chi connectivity index (χ4n) is 2.81. The molecule has 0 aliphatic carbocycles. The van der Waals surface area contributed by atoms with Crippen LogP contribution in [0.2, 0.25) is 0 Å². The van der Waals surface area contributed by atoms with Crippen LogP contribution < -0.4 is 0 Å². The van der Waals surface area contributed by atoms with Crippen molar-refractivity contribution in [3.8, 4) is 0 Å². The third-order valence-corrected chi connectivity index (χ3v) is 4.82. The number of nitrogens with zero attached hydrogens (tertiary/aromatic N) is 2. The molecule has 3 rings (SSSR count). The number of amides is 1. The van der Waals surface area contributed by atoms with Gasteiger partial charge in [0.05, 0.1) is 6.04 Å². The number of pyridine rings is 1. The predicted octanol–water partition coefficient (Wildman–Crippen LogP) is 3.92. The molecule has 108 valence electrons. The van der Waals surface area contributed by atoms with E-state index in [0.717, 1.165) is 24.4 Å². The Hall–Kier alpha value is -1.81. The standard InChI is InChI=1S/C17H18N2OS/c1-13(20)19-12-6-10-16(19)15-9-5-11-18-17(15)21-14-7-3-2-4-8-14/h2-5,7-9,11,16H,6,10,12H2,1H3. The first-order valence-electron chi connectivity index (χ1n) is 7.21. The number of hydrogen-bond acceptors (Lipinski definition) is 3. The summed E-state index contributed by atoms with van der Waals surface area (Å²) in [5.74, 6) is 0.150. The van der Waals surface area contributed by atoms with Crippen LogP contribution in [0.25, 0.3) is 0 Å². The monoisotopic (exact) mass is 298 g/mol. The van der Waals surface area contributed by atoms with Gasteiger partial charge in [-0.3, -0.25) is 4.79 Å². The van der Waals surface area contributed by atoms with Gasteiger partial charge < -0.3 is 4.90 Å². The minimum atomic E-state index is 0.150. The van der Waals surface area contributed by atoms with Gasteiger partial charge >= 0.3 is 0 Å². The zero-order valence-electron chi connectivity index (χ0n) is 12.0. The van der Waals surface area contributed by atoms with Gasteiger partial charge in [-0.1, -0.05) is 36.0 Å². The normalized spacial score (nSPS) is 18.0. The molecule has 21 heavy (non-hydrogen) atoms. The molecule has 2 aromatic rings. The number of benzene rings is 1. The van der Waals surface area contributed by atoms with Crippen LogP contribution >= 0.6 is 11.8 Å². The summed E-state index contributed by atoms with van der Waals surface area (Å²) in [7, 11) is 0. The van der Waals surface area contributed by atoms with Crippen molar-refractivity contribution in [2.45, 2.75) is 35.7 Å². The highest BCUT2D eigenvalue weighted by atomic mass is 32.2. The molecule has 3 nitrogen and oxygen atoms in total. The van der Waals surface area contributed by atoms with Gasteiger partial charge in [0.25, 0.3) is 0 Å². The van der Waals surface area contributed by atoms with Crippen LogP contribution in [0.1, 0.15) is 31.4 Å². The Morgan fingerprint density at radius 2 is 2.05 bits per heavy atom. The van der Waals surface area contributed by atoms with Crippen LogP contribution in [0, 0.1) is 0 Å². The van der Waals surface area contributed by atoms with E-state index in [9.17, 15) is 4.79 Å². The van der Waals surface area contributed by atoms with Gasteiger partial charge in [0, 0.05) is 30.1 Å². The second kappa shape index (κ2) is 6.31. The van der Waals surface area contributed by atoms with E-state index in [-0.39, 0.29) is 11.9 Å². The number of hydrogen-bond donors (Lipinski definition) is 0. The van der Waals surface area contributed by atoms with Gasteiger partial charge in [0.2, 0.25) is 5.91 Å². The summed E-state index contributed by atoms with van der Waals surface area (Å²) in [5.41, 5.74) is 1.17. The Bertz CT molecular complexity index is 630. The number of aromatic nitrogens is 1. The van der Waals surface area contributed by atoms with Crippen molar-refractivity contribution in [1.82, 2.24) is 9.88 Å². The maximum atomic E-state index is 11.8. The zero-order valence-corrected chi connectivity index (χ0v) is 12.8. The first kappa shape index (κ1) is 14.1. The van der Waals surface area contributed by atoms with Crippen molar-refractivity contribution in [2.24, 2.45) is 0 Å². The predicted molar refractivity (Wildman–Crippen MR) is 84.2 cm³/mol. The second-order valence-electron chi connectivity index (χ2n) is 5.18. The fourth-order valence-corrected chi connectivity index (χ4v) is 3.76. The first-order chi connectivity index (χ1) is 10.3. The molecule has 1 aromatic heterocycles. The van der Waals surface area contributed by atoms with E-state index in [1.807, 2.05) is 35.4 Å². The largest absolute Gasteiger partial charge is 0.336 e.